The van der Waals surface area contributed by atoms with Gasteiger partial charge in [-0.3, -0.25) is 9.36 Å². The molecule has 0 atom stereocenters. The number of benzene rings is 2. The van der Waals surface area contributed by atoms with Crippen molar-refractivity contribution in [3.63, 3.8) is 0 Å². The van der Waals surface area contributed by atoms with Crippen molar-refractivity contribution in [1.82, 2.24) is 9.55 Å². The van der Waals surface area contributed by atoms with Crippen molar-refractivity contribution in [2.24, 2.45) is 5.10 Å². The van der Waals surface area contributed by atoms with Crippen LogP contribution < -0.4 is 15.7 Å². The molecule has 146 valence electrons. The van der Waals surface area contributed by atoms with Crippen LogP contribution in [0.2, 0.25) is 0 Å². The largest absolute Gasteiger partial charge is 0.497 e. The van der Waals surface area contributed by atoms with Crippen LogP contribution in [0.4, 0.5) is 5.95 Å². The molecule has 0 fully saturated rings. The number of hydrogen-bond acceptors (Lipinski definition) is 6. The molecule has 7 nitrogen and oxygen atoms in total. The Balaban J connectivity index is 1.84. The topological polar surface area (TPSA) is 77.7 Å². The number of fused-ring (bicyclic) bond motifs is 1. The van der Waals surface area contributed by atoms with Crippen LogP contribution >= 0.6 is 0 Å². The number of nitrogens with zero attached hydrogens (tertiary/aromatic N) is 3. The van der Waals surface area contributed by atoms with Crippen molar-refractivity contribution in [1.29, 1.82) is 0 Å². The standard InChI is InChI=1S/C21H24N4O3/c1-3-28-14-6-13-25-20(26)18-7-4-5-8-19(18)23-21(25)24-22-15-16-9-11-17(27-2)12-10-16/h4-5,7-12,15H,3,6,13-14H2,1-2H3,(H,23,24)/b22-15-. The highest BCUT2D eigenvalue weighted by molar-refractivity contribution is 5.81. The van der Waals surface area contributed by atoms with E-state index in [-0.39, 0.29) is 5.56 Å². The van der Waals surface area contributed by atoms with E-state index in [9.17, 15) is 4.79 Å². The summed E-state index contributed by atoms with van der Waals surface area (Å²) in [6.45, 7) is 3.69. The summed E-state index contributed by atoms with van der Waals surface area (Å²) >= 11 is 0. The highest BCUT2D eigenvalue weighted by atomic mass is 16.5. The Bertz CT molecular complexity index is 997. The van der Waals surface area contributed by atoms with Crippen molar-refractivity contribution in [3.8, 4) is 5.75 Å². The van der Waals surface area contributed by atoms with E-state index in [0.717, 1.165) is 11.3 Å². The monoisotopic (exact) mass is 380 g/mol. The fraction of sp³-hybridized carbons (Fsp3) is 0.286. The molecule has 3 rings (SSSR count). The average Bonchev–Trinajstić information content (AvgIpc) is 2.73. The van der Waals surface area contributed by atoms with Crippen molar-refractivity contribution in [2.75, 3.05) is 25.7 Å². The Morgan fingerprint density at radius 1 is 1.18 bits per heavy atom. The molecular formula is C21H24N4O3. The molecule has 1 aromatic heterocycles. The first-order chi connectivity index (χ1) is 13.7. The van der Waals surface area contributed by atoms with Gasteiger partial charge in [-0.25, -0.2) is 10.4 Å². The summed E-state index contributed by atoms with van der Waals surface area (Å²) in [6.07, 6.45) is 2.38. The Morgan fingerprint density at radius 2 is 1.96 bits per heavy atom. The summed E-state index contributed by atoms with van der Waals surface area (Å²) in [7, 11) is 1.63. The second kappa shape index (κ2) is 9.66. The maximum Gasteiger partial charge on any atom is 0.262 e. The van der Waals surface area contributed by atoms with E-state index < -0.39 is 0 Å². The number of ether oxygens (including phenoxy) is 2. The Morgan fingerprint density at radius 3 is 2.71 bits per heavy atom. The number of rotatable bonds is 9. The van der Waals surface area contributed by atoms with Gasteiger partial charge in [0.25, 0.3) is 5.56 Å². The highest BCUT2D eigenvalue weighted by Gasteiger charge is 2.10. The Hall–Kier alpha value is -3.19. The Labute approximate surface area is 163 Å². The molecule has 0 unspecified atom stereocenters. The predicted molar refractivity (Wildman–Crippen MR) is 111 cm³/mol. The number of methoxy groups -OCH3 is 1. The summed E-state index contributed by atoms with van der Waals surface area (Å²) in [6, 6.07) is 14.8. The van der Waals surface area contributed by atoms with E-state index in [1.54, 1.807) is 24.0 Å². The molecule has 1 heterocycles. The number of anilines is 1. The number of aromatic nitrogens is 2. The van der Waals surface area contributed by atoms with Crippen molar-refractivity contribution >= 4 is 23.1 Å². The molecule has 2 aromatic carbocycles. The number of para-hydroxylation sites is 1. The number of nitrogens with one attached hydrogen (secondary N) is 1. The van der Waals surface area contributed by atoms with Gasteiger partial charge in [-0.2, -0.15) is 5.10 Å². The summed E-state index contributed by atoms with van der Waals surface area (Å²) in [5.41, 5.74) is 4.36. The molecule has 0 saturated carbocycles. The fourth-order valence-corrected chi connectivity index (χ4v) is 2.78. The lowest BCUT2D eigenvalue weighted by Gasteiger charge is -2.12. The molecule has 0 aliphatic heterocycles. The summed E-state index contributed by atoms with van der Waals surface area (Å²) in [4.78, 5) is 17.5. The van der Waals surface area contributed by atoms with E-state index >= 15 is 0 Å². The first kappa shape index (κ1) is 19.6. The van der Waals surface area contributed by atoms with Gasteiger partial charge in [0.05, 0.1) is 24.2 Å². The van der Waals surface area contributed by atoms with E-state index in [1.165, 1.54) is 0 Å². The van der Waals surface area contributed by atoms with Crippen LogP contribution in [0.1, 0.15) is 18.9 Å². The second-order valence-corrected chi connectivity index (χ2v) is 6.10. The maximum absolute atomic E-state index is 12.9. The average molecular weight is 380 g/mol. The fourth-order valence-electron chi connectivity index (χ4n) is 2.78. The van der Waals surface area contributed by atoms with E-state index in [0.29, 0.717) is 43.0 Å². The molecule has 0 amide bonds. The van der Waals surface area contributed by atoms with Crippen molar-refractivity contribution in [3.05, 3.63) is 64.4 Å². The third-order valence-electron chi connectivity index (χ3n) is 4.23. The molecule has 0 bridgehead atoms. The van der Waals surface area contributed by atoms with Crippen molar-refractivity contribution < 1.29 is 9.47 Å². The van der Waals surface area contributed by atoms with Crippen LogP contribution in [0, 0.1) is 0 Å². The molecule has 0 radical (unpaired) electrons. The molecule has 1 N–H and O–H groups in total. The van der Waals surface area contributed by atoms with Crippen LogP contribution in [0.25, 0.3) is 10.9 Å². The molecule has 0 aliphatic rings. The lowest BCUT2D eigenvalue weighted by atomic mass is 10.2. The first-order valence-electron chi connectivity index (χ1n) is 9.23. The van der Waals surface area contributed by atoms with Gasteiger partial charge in [-0.05, 0) is 55.3 Å². The maximum atomic E-state index is 12.9. The molecular weight excluding hydrogens is 356 g/mol. The van der Waals surface area contributed by atoms with E-state index in [4.69, 9.17) is 9.47 Å². The smallest absolute Gasteiger partial charge is 0.262 e. The van der Waals surface area contributed by atoms with Crippen molar-refractivity contribution in [2.45, 2.75) is 19.9 Å². The van der Waals surface area contributed by atoms with E-state index in [2.05, 4.69) is 15.5 Å². The second-order valence-electron chi connectivity index (χ2n) is 6.10. The quantitative estimate of drug-likeness (QED) is 0.350. The zero-order valence-corrected chi connectivity index (χ0v) is 16.1. The van der Waals surface area contributed by atoms with Gasteiger partial charge in [-0.1, -0.05) is 12.1 Å². The number of hydrogen-bond donors (Lipinski definition) is 1. The van der Waals surface area contributed by atoms with Crippen LogP contribution in [0.15, 0.2) is 58.4 Å². The highest BCUT2D eigenvalue weighted by Crippen LogP contribution is 2.13. The molecule has 7 heteroatoms. The van der Waals surface area contributed by atoms with Crippen LogP contribution in [-0.2, 0) is 11.3 Å². The molecule has 28 heavy (non-hydrogen) atoms. The van der Waals surface area contributed by atoms with Crippen LogP contribution in [0.3, 0.4) is 0 Å². The summed E-state index contributed by atoms with van der Waals surface area (Å²) in [5.74, 6) is 1.19. The van der Waals surface area contributed by atoms with Crippen LogP contribution in [0.5, 0.6) is 5.75 Å². The van der Waals surface area contributed by atoms with Gasteiger partial charge in [0, 0.05) is 19.8 Å². The van der Waals surface area contributed by atoms with Gasteiger partial charge in [-0.15, -0.1) is 0 Å². The lowest BCUT2D eigenvalue weighted by Crippen LogP contribution is -2.25. The van der Waals surface area contributed by atoms with Gasteiger partial charge in [0.1, 0.15) is 5.75 Å². The zero-order chi connectivity index (χ0) is 19.8. The SMILES string of the molecule is CCOCCCn1c(N/N=C\c2ccc(OC)cc2)nc2ccccc2c1=O. The molecule has 0 spiro atoms. The molecule has 0 saturated heterocycles. The summed E-state index contributed by atoms with van der Waals surface area (Å²) < 4.78 is 12.1. The zero-order valence-electron chi connectivity index (χ0n) is 16.1. The minimum Gasteiger partial charge on any atom is -0.497 e. The third-order valence-corrected chi connectivity index (χ3v) is 4.23. The lowest BCUT2D eigenvalue weighted by molar-refractivity contribution is 0.141. The minimum atomic E-state index is -0.0933. The van der Waals surface area contributed by atoms with Gasteiger partial charge in [0.2, 0.25) is 5.95 Å². The minimum absolute atomic E-state index is 0.0933. The third kappa shape index (κ3) is 4.75. The van der Waals surface area contributed by atoms with Gasteiger partial charge >= 0.3 is 0 Å². The Kier molecular flexibility index (Phi) is 6.75. The van der Waals surface area contributed by atoms with E-state index in [1.807, 2.05) is 49.4 Å². The molecule has 3 aromatic rings. The number of hydrazone groups is 1. The van der Waals surface area contributed by atoms with Gasteiger partial charge in [0.15, 0.2) is 0 Å². The predicted octanol–water partition coefficient (Wildman–Crippen LogP) is 3.28. The first-order valence-corrected chi connectivity index (χ1v) is 9.23. The van der Waals surface area contributed by atoms with Gasteiger partial charge < -0.3 is 9.47 Å². The normalized spacial score (nSPS) is 11.2. The summed E-state index contributed by atoms with van der Waals surface area (Å²) in [5, 5.41) is 4.84. The van der Waals surface area contributed by atoms with Crippen LogP contribution in [-0.4, -0.2) is 36.1 Å². The molecule has 0 aliphatic carbocycles.